The maximum absolute atomic E-state index is 12.1. The Morgan fingerprint density at radius 3 is 2.65 bits per heavy atom. The van der Waals surface area contributed by atoms with E-state index in [-0.39, 0.29) is 41.2 Å². The number of fused-ring (bicyclic) bond motifs is 5. The fourth-order valence-corrected chi connectivity index (χ4v) is 7.48. The van der Waals surface area contributed by atoms with Crippen molar-refractivity contribution in [2.45, 2.75) is 85.0 Å². The molecule has 1 N–H and O–H groups in total. The maximum Gasteiger partial charge on any atom is 0.339 e. The molecule has 4 aliphatic rings. The monoisotopic (exact) mass is 428 g/mol. The fraction of sp³-hybridized carbons (Fsp3) is 0.680. The molecule has 1 aromatic rings. The van der Waals surface area contributed by atoms with Crippen molar-refractivity contribution in [3.63, 3.8) is 0 Å². The second-order valence-corrected chi connectivity index (χ2v) is 10.9. The van der Waals surface area contributed by atoms with Crippen LogP contribution in [0, 0.1) is 22.7 Å². The molecule has 6 nitrogen and oxygen atoms in total. The fourth-order valence-electron chi connectivity index (χ4n) is 7.48. The van der Waals surface area contributed by atoms with Crippen LogP contribution in [0.1, 0.15) is 81.8 Å². The van der Waals surface area contributed by atoms with E-state index in [9.17, 15) is 14.7 Å². The molecule has 1 aromatic carbocycles. The van der Waals surface area contributed by atoms with E-state index in [4.69, 9.17) is 14.2 Å². The number of carbonyl (C=O) groups is 2. The highest BCUT2D eigenvalue weighted by atomic mass is 16.5. The summed E-state index contributed by atoms with van der Waals surface area (Å²) in [7, 11) is 0. The maximum atomic E-state index is 12.1. The molecule has 2 aliphatic carbocycles. The molecule has 2 heterocycles. The van der Waals surface area contributed by atoms with Crippen LogP contribution in [0.4, 0.5) is 0 Å². The molecule has 5 atom stereocenters. The summed E-state index contributed by atoms with van der Waals surface area (Å²) in [6.07, 6.45) is 4.24. The van der Waals surface area contributed by atoms with E-state index in [0.29, 0.717) is 23.7 Å². The van der Waals surface area contributed by atoms with E-state index in [0.717, 1.165) is 36.8 Å². The third kappa shape index (κ3) is 2.56. The molecule has 5 rings (SSSR count). The Hall–Kier alpha value is -2.24. The zero-order chi connectivity index (χ0) is 22.3. The summed E-state index contributed by atoms with van der Waals surface area (Å²) in [5.74, 6) is 0.730. The molecule has 0 saturated heterocycles. The third-order valence-corrected chi connectivity index (χ3v) is 9.14. The Kier molecular flexibility index (Phi) is 4.26. The first kappa shape index (κ1) is 20.7. The van der Waals surface area contributed by atoms with Gasteiger partial charge in [-0.05, 0) is 43.6 Å². The van der Waals surface area contributed by atoms with Crippen molar-refractivity contribution in [1.82, 2.24) is 0 Å². The van der Waals surface area contributed by atoms with E-state index >= 15 is 0 Å². The minimum Gasteiger partial charge on any atom is -0.508 e. The van der Waals surface area contributed by atoms with Gasteiger partial charge < -0.3 is 19.3 Å². The van der Waals surface area contributed by atoms with Crippen LogP contribution in [0.25, 0.3) is 0 Å². The first-order chi connectivity index (χ1) is 14.5. The third-order valence-electron chi connectivity index (χ3n) is 9.14. The van der Waals surface area contributed by atoms with Crippen LogP contribution < -0.4 is 4.74 Å². The quantitative estimate of drug-likeness (QED) is 0.662. The van der Waals surface area contributed by atoms with Gasteiger partial charge in [0.15, 0.2) is 0 Å². The molecule has 2 aliphatic heterocycles. The molecule has 1 spiro atoms. The molecule has 31 heavy (non-hydrogen) atoms. The van der Waals surface area contributed by atoms with Gasteiger partial charge in [0.1, 0.15) is 29.8 Å². The average Bonchev–Trinajstić information content (AvgIpc) is 3.26. The molecule has 0 aromatic heterocycles. The highest BCUT2D eigenvalue weighted by Crippen LogP contribution is 2.67. The Bertz CT molecular complexity index is 981. The largest absolute Gasteiger partial charge is 0.508 e. The summed E-state index contributed by atoms with van der Waals surface area (Å²) >= 11 is 0. The zero-order valence-corrected chi connectivity index (χ0v) is 19.0. The minimum absolute atomic E-state index is 0.110. The van der Waals surface area contributed by atoms with Crippen LogP contribution in [0.3, 0.4) is 0 Å². The number of hydrogen-bond donors (Lipinski definition) is 1. The molecular formula is C25H32O6. The van der Waals surface area contributed by atoms with Gasteiger partial charge >= 0.3 is 11.9 Å². The Labute approximate surface area is 183 Å². The van der Waals surface area contributed by atoms with Crippen molar-refractivity contribution in [3.05, 3.63) is 22.8 Å². The van der Waals surface area contributed by atoms with Crippen molar-refractivity contribution >= 4 is 11.9 Å². The van der Waals surface area contributed by atoms with Gasteiger partial charge in [0.25, 0.3) is 0 Å². The average molecular weight is 429 g/mol. The molecule has 6 heteroatoms. The van der Waals surface area contributed by atoms with Crippen molar-refractivity contribution in [2.24, 2.45) is 22.7 Å². The summed E-state index contributed by atoms with van der Waals surface area (Å²) in [4.78, 5) is 23.9. The van der Waals surface area contributed by atoms with Gasteiger partial charge in [0.05, 0.1) is 5.56 Å². The van der Waals surface area contributed by atoms with Gasteiger partial charge in [0.2, 0.25) is 0 Å². The predicted molar refractivity (Wildman–Crippen MR) is 113 cm³/mol. The molecule has 0 radical (unpaired) electrons. The molecule has 0 amide bonds. The van der Waals surface area contributed by atoms with E-state index in [1.807, 2.05) is 0 Å². The smallest absolute Gasteiger partial charge is 0.339 e. The minimum atomic E-state index is -0.477. The summed E-state index contributed by atoms with van der Waals surface area (Å²) in [5.41, 5.74) is 1.15. The highest BCUT2D eigenvalue weighted by Gasteiger charge is 2.67. The normalized spacial score (nSPS) is 37.5. The molecular weight excluding hydrogens is 396 g/mol. The lowest BCUT2D eigenvalue weighted by molar-refractivity contribution is -0.218. The number of phenols is 1. The van der Waals surface area contributed by atoms with Gasteiger partial charge in [-0.15, -0.1) is 0 Å². The van der Waals surface area contributed by atoms with Crippen LogP contribution in [0.15, 0.2) is 6.07 Å². The summed E-state index contributed by atoms with van der Waals surface area (Å²) in [6, 6.07) is 1.54. The topological polar surface area (TPSA) is 82.1 Å². The molecule has 2 fully saturated rings. The van der Waals surface area contributed by atoms with Gasteiger partial charge in [-0.2, -0.15) is 0 Å². The number of carbonyl (C=O) groups excluding carboxylic acids is 2. The van der Waals surface area contributed by atoms with Crippen LogP contribution in [-0.2, 0) is 27.3 Å². The molecule has 0 unspecified atom stereocenters. The Morgan fingerprint density at radius 2 is 1.94 bits per heavy atom. The Balaban J connectivity index is 1.59. The van der Waals surface area contributed by atoms with Crippen LogP contribution in [-0.4, -0.2) is 28.8 Å². The summed E-state index contributed by atoms with van der Waals surface area (Å²) < 4.78 is 17.9. The number of ether oxygens (including phenoxy) is 3. The van der Waals surface area contributed by atoms with Crippen molar-refractivity contribution in [3.8, 4) is 11.5 Å². The predicted octanol–water partition coefficient (Wildman–Crippen LogP) is 4.54. The van der Waals surface area contributed by atoms with Gasteiger partial charge in [-0.25, -0.2) is 4.79 Å². The van der Waals surface area contributed by atoms with Crippen LogP contribution in [0.5, 0.6) is 11.5 Å². The second-order valence-electron chi connectivity index (χ2n) is 10.9. The second kappa shape index (κ2) is 6.39. The van der Waals surface area contributed by atoms with Gasteiger partial charge in [-0.3, -0.25) is 4.79 Å². The van der Waals surface area contributed by atoms with Crippen molar-refractivity contribution in [1.29, 1.82) is 0 Å². The molecule has 2 saturated carbocycles. The van der Waals surface area contributed by atoms with Gasteiger partial charge in [0, 0.05) is 35.3 Å². The number of rotatable bonds is 1. The van der Waals surface area contributed by atoms with E-state index in [1.54, 1.807) is 6.07 Å². The van der Waals surface area contributed by atoms with Crippen LogP contribution >= 0.6 is 0 Å². The SMILES string of the molecule is CC(=O)O[C@@H]1CC[C@@]2(C)[C@@H](CC[C@@H](C)[C@]23Cc2c(O)cc4c(c2O3)COC4=O)C1(C)C. The number of cyclic esters (lactones) is 1. The Morgan fingerprint density at radius 1 is 1.19 bits per heavy atom. The zero-order valence-electron chi connectivity index (χ0n) is 19.0. The van der Waals surface area contributed by atoms with E-state index in [2.05, 4.69) is 27.7 Å². The first-order valence-electron chi connectivity index (χ1n) is 11.4. The highest BCUT2D eigenvalue weighted by molar-refractivity contribution is 5.95. The van der Waals surface area contributed by atoms with Crippen molar-refractivity contribution in [2.75, 3.05) is 0 Å². The number of phenolic OH excluding ortho intramolecular Hbond substituents is 1. The van der Waals surface area contributed by atoms with Crippen LogP contribution in [0.2, 0.25) is 0 Å². The van der Waals surface area contributed by atoms with E-state index in [1.165, 1.54) is 6.92 Å². The summed E-state index contributed by atoms with van der Waals surface area (Å²) in [6.45, 7) is 10.7. The van der Waals surface area contributed by atoms with Crippen molar-refractivity contribution < 1.29 is 28.9 Å². The number of benzene rings is 1. The molecule has 168 valence electrons. The molecule has 0 bridgehead atoms. The number of aromatic hydroxyl groups is 1. The lowest BCUT2D eigenvalue weighted by Crippen LogP contribution is -2.67. The number of esters is 2. The standard InChI is InChI=1S/C25H32O6/c1-13-6-7-19-23(3,4)20(30-14(2)26)8-9-24(19,5)25(13)11-16-18(27)10-15-17(21(16)31-25)12-29-22(15)28/h10,13,19-20,27H,6-9,11-12H2,1-5H3/t13-,19+,20-,24+,25-/m1/s1. The summed E-state index contributed by atoms with van der Waals surface area (Å²) in [5, 5.41) is 10.8. The van der Waals surface area contributed by atoms with Gasteiger partial charge in [-0.1, -0.05) is 27.7 Å². The van der Waals surface area contributed by atoms with E-state index < -0.39 is 11.6 Å². The first-order valence-corrected chi connectivity index (χ1v) is 11.4. The number of hydrogen-bond acceptors (Lipinski definition) is 6. The lowest BCUT2D eigenvalue weighted by Gasteiger charge is -2.64. The lowest BCUT2D eigenvalue weighted by atomic mass is 9.43.